The van der Waals surface area contributed by atoms with E-state index in [1.54, 1.807) is 54.7 Å². The number of morpholine rings is 1. The fraction of sp³-hybridized carbons (Fsp3) is 0.222. The van der Waals surface area contributed by atoms with E-state index in [0.29, 0.717) is 61.1 Å². The SMILES string of the molecule is CN(Cc1cccc(-c2ccc(Oc3cccc(C(=O)OCCN4CCOCC4)c3)cc2)c1)C(=O)c1ccc2nccnc2c1. The predicted octanol–water partition coefficient (Wildman–Crippen LogP) is 5.85. The summed E-state index contributed by atoms with van der Waals surface area (Å²) in [6.07, 6.45) is 3.26. The number of fused-ring (bicyclic) bond motifs is 1. The summed E-state index contributed by atoms with van der Waals surface area (Å²) in [5.74, 6) is 0.749. The third-order valence-corrected chi connectivity index (χ3v) is 7.65. The van der Waals surface area contributed by atoms with E-state index >= 15 is 0 Å². The Bertz CT molecular complexity index is 1790. The molecule has 1 aliphatic heterocycles. The standard InChI is InChI=1S/C36H34N4O5/c1-39(35(41)29-10-13-33-34(24-29)38-15-14-37-33)25-26-4-2-5-28(22-26)27-8-11-31(12-9-27)45-32-7-3-6-30(23-32)36(42)44-21-18-40-16-19-43-20-17-40/h2-15,22-24H,16-21,25H2,1H3. The maximum atomic E-state index is 13.1. The predicted molar refractivity (Wildman–Crippen MR) is 171 cm³/mol. The Kier molecular flexibility index (Phi) is 9.38. The minimum Gasteiger partial charge on any atom is -0.461 e. The smallest absolute Gasteiger partial charge is 0.338 e. The molecule has 0 atom stereocenters. The molecule has 1 amide bonds. The van der Waals surface area contributed by atoms with Gasteiger partial charge in [-0.15, -0.1) is 0 Å². The molecular weight excluding hydrogens is 568 g/mol. The fourth-order valence-corrected chi connectivity index (χ4v) is 5.23. The molecule has 6 rings (SSSR count). The Morgan fingerprint density at radius 2 is 1.58 bits per heavy atom. The highest BCUT2D eigenvalue weighted by Crippen LogP contribution is 2.27. The van der Waals surface area contributed by atoms with Crippen LogP contribution in [0.2, 0.25) is 0 Å². The Morgan fingerprint density at radius 3 is 2.40 bits per heavy atom. The van der Waals surface area contributed by atoms with Gasteiger partial charge in [-0.3, -0.25) is 19.7 Å². The minimum absolute atomic E-state index is 0.0835. The number of rotatable bonds is 10. The number of ether oxygens (including phenoxy) is 3. The summed E-state index contributed by atoms with van der Waals surface area (Å²) in [5.41, 5.74) is 5.52. The average molecular weight is 603 g/mol. The van der Waals surface area contributed by atoms with Crippen LogP contribution in [0.1, 0.15) is 26.3 Å². The number of carbonyl (C=O) groups is 2. The van der Waals surface area contributed by atoms with E-state index in [1.807, 2.05) is 54.6 Å². The zero-order chi connectivity index (χ0) is 31.0. The Morgan fingerprint density at radius 1 is 0.800 bits per heavy atom. The third kappa shape index (κ3) is 7.70. The Hall–Kier alpha value is -5.12. The largest absolute Gasteiger partial charge is 0.461 e. The number of hydrogen-bond acceptors (Lipinski definition) is 8. The molecule has 2 heterocycles. The Labute approximate surface area is 262 Å². The summed E-state index contributed by atoms with van der Waals surface area (Å²) in [7, 11) is 1.79. The molecule has 1 saturated heterocycles. The van der Waals surface area contributed by atoms with Gasteiger partial charge in [0.25, 0.3) is 5.91 Å². The molecule has 0 N–H and O–H groups in total. The molecular formula is C36H34N4O5. The van der Waals surface area contributed by atoms with Gasteiger partial charge in [0.1, 0.15) is 18.1 Å². The van der Waals surface area contributed by atoms with Gasteiger partial charge in [-0.2, -0.15) is 0 Å². The van der Waals surface area contributed by atoms with Crippen LogP contribution in [0, 0.1) is 0 Å². The molecule has 9 heteroatoms. The molecule has 1 fully saturated rings. The van der Waals surface area contributed by atoms with Gasteiger partial charge in [-0.1, -0.05) is 36.4 Å². The summed E-state index contributed by atoms with van der Waals surface area (Å²) < 4.78 is 16.9. The van der Waals surface area contributed by atoms with Gasteiger partial charge in [-0.05, 0) is 71.3 Å². The number of aromatic nitrogens is 2. The van der Waals surface area contributed by atoms with Gasteiger partial charge in [-0.25, -0.2) is 4.79 Å². The Balaban J connectivity index is 1.05. The zero-order valence-electron chi connectivity index (χ0n) is 25.1. The van der Waals surface area contributed by atoms with Crippen LogP contribution in [0.15, 0.2) is 103 Å². The number of esters is 1. The van der Waals surface area contributed by atoms with Crippen LogP contribution in [0.3, 0.4) is 0 Å². The lowest BCUT2D eigenvalue weighted by molar-refractivity contribution is 0.0195. The molecule has 0 radical (unpaired) electrons. The number of carbonyl (C=O) groups excluding carboxylic acids is 2. The van der Waals surface area contributed by atoms with Crippen molar-refractivity contribution in [2.45, 2.75) is 6.54 Å². The highest BCUT2D eigenvalue weighted by Gasteiger charge is 2.15. The first-order chi connectivity index (χ1) is 22.0. The van der Waals surface area contributed by atoms with Gasteiger partial charge in [0, 0.05) is 51.2 Å². The highest BCUT2D eigenvalue weighted by molar-refractivity contribution is 5.97. The van der Waals surface area contributed by atoms with Crippen LogP contribution in [0.25, 0.3) is 22.2 Å². The van der Waals surface area contributed by atoms with E-state index in [0.717, 1.165) is 35.3 Å². The van der Waals surface area contributed by atoms with E-state index in [2.05, 4.69) is 20.9 Å². The van der Waals surface area contributed by atoms with Gasteiger partial charge in [0.15, 0.2) is 0 Å². The molecule has 5 aromatic rings. The van der Waals surface area contributed by atoms with Crippen LogP contribution in [-0.2, 0) is 16.0 Å². The summed E-state index contributed by atoms with van der Waals surface area (Å²) >= 11 is 0. The van der Waals surface area contributed by atoms with Crippen molar-refractivity contribution < 1.29 is 23.8 Å². The second-order valence-electron chi connectivity index (χ2n) is 10.9. The molecule has 0 aliphatic carbocycles. The van der Waals surface area contributed by atoms with Crippen molar-refractivity contribution in [2.24, 2.45) is 0 Å². The first-order valence-corrected chi connectivity index (χ1v) is 14.9. The lowest BCUT2D eigenvalue weighted by Crippen LogP contribution is -2.38. The summed E-state index contributed by atoms with van der Waals surface area (Å²) in [4.78, 5) is 38.2. The van der Waals surface area contributed by atoms with Gasteiger partial charge in [0.05, 0.1) is 29.8 Å². The van der Waals surface area contributed by atoms with E-state index in [4.69, 9.17) is 14.2 Å². The summed E-state index contributed by atoms with van der Waals surface area (Å²) in [6, 6.07) is 28.3. The maximum Gasteiger partial charge on any atom is 0.338 e. The second-order valence-corrected chi connectivity index (χ2v) is 10.9. The molecule has 228 valence electrons. The lowest BCUT2D eigenvalue weighted by Gasteiger charge is -2.26. The lowest BCUT2D eigenvalue weighted by atomic mass is 10.0. The molecule has 0 saturated carbocycles. The zero-order valence-corrected chi connectivity index (χ0v) is 25.1. The summed E-state index contributed by atoms with van der Waals surface area (Å²) in [6.45, 7) is 4.61. The van der Waals surface area contributed by atoms with Crippen LogP contribution in [0.5, 0.6) is 11.5 Å². The van der Waals surface area contributed by atoms with E-state index in [-0.39, 0.29) is 11.9 Å². The minimum atomic E-state index is -0.372. The summed E-state index contributed by atoms with van der Waals surface area (Å²) in [5, 5.41) is 0. The number of amides is 1. The van der Waals surface area contributed by atoms with Crippen LogP contribution < -0.4 is 4.74 Å². The number of nitrogens with zero attached hydrogens (tertiary/aromatic N) is 4. The normalized spacial score (nSPS) is 13.4. The van der Waals surface area contributed by atoms with Crippen molar-refractivity contribution in [1.82, 2.24) is 19.8 Å². The second kappa shape index (κ2) is 14.1. The van der Waals surface area contributed by atoms with Crippen molar-refractivity contribution >= 4 is 22.9 Å². The van der Waals surface area contributed by atoms with Crippen molar-refractivity contribution in [3.8, 4) is 22.6 Å². The van der Waals surface area contributed by atoms with Gasteiger partial charge < -0.3 is 19.1 Å². The van der Waals surface area contributed by atoms with Gasteiger partial charge in [0.2, 0.25) is 0 Å². The molecule has 9 nitrogen and oxygen atoms in total. The molecule has 0 spiro atoms. The molecule has 4 aromatic carbocycles. The van der Waals surface area contributed by atoms with Crippen LogP contribution in [-0.4, -0.2) is 78.1 Å². The van der Waals surface area contributed by atoms with Crippen LogP contribution >= 0.6 is 0 Å². The molecule has 0 unspecified atom stereocenters. The topological polar surface area (TPSA) is 94.1 Å². The molecule has 45 heavy (non-hydrogen) atoms. The van der Waals surface area contributed by atoms with Gasteiger partial charge >= 0.3 is 5.97 Å². The monoisotopic (exact) mass is 602 g/mol. The third-order valence-electron chi connectivity index (χ3n) is 7.65. The number of benzene rings is 4. The number of hydrogen-bond donors (Lipinski definition) is 0. The van der Waals surface area contributed by atoms with E-state index in [9.17, 15) is 9.59 Å². The molecule has 0 bridgehead atoms. The average Bonchev–Trinajstić information content (AvgIpc) is 3.08. The fourth-order valence-electron chi connectivity index (χ4n) is 5.23. The quantitative estimate of drug-likeness (QED) is 0.184. The highest BCUT2D eigenvalue weighted by atomic mass is 16.5. The van der Waals surface area contributed by atoms with E-state index in [1.165, 1.54) is 0 Å². The molecule has 1 aliphatic rings. The van der Waals surface area contributed by atoms with Crippen molar-refractivity contribution in [1.29, 1.82) is 0 Å². The van der Waals surface area contributed by atoms with Crippen molar-refractivity contribution in [3.63, 3.8) is 0 Å². The van der Waals surface area contributed by atoms with E-state index < -0.39 is 0 Å². The maximum absolute atomic E-state index is 13.1. The first kappa shape index (κ1) is 29.9. The first-order valence-electron chi connectivity index (χ1n) is 14.9. The van der Waals surface area contributed by atoms with Crippen molar-refractivity contribution in [3.05, 3.63) is 120 Å². The molecule has 1 aromatic heterocycles. The van der Waals surface area contributed by atoms with Crippen LogP contribution in [0.4, 0.5) is 0 Å². The van der Waals surface area contributed by atoms with Crippen molar-refractivity contribution in [2.75, 3.05) is 46.5 Å².